The number of amides is 1. The van der Waals surface area contributed by atoms with Crippen molar-refractivity contribution in [1.29, 1.82) is 0 Å². The summed E-state index contributed by atoms with van der Waals surface area (Å²) in [6, 6.07) is 2.00. The van der Waals surface area contributed by atoms with Gasteiger partial charge < -0.3 is 10.4 Å². The Balaban J connectivity index is 2.09. The van der Waals surface area contributed by atoms with Crippen LogP contribution in [0.3, 0.4) is 0 Å². The summed E-state index contributed by atoms with van der Waals surface area (Å²) in [5, 5.41) is 15.4. The van der Waals surface area contributed by atoms with Crippen LogP contribution in [0.15, 0.2) is 16.8 Å². The molecular weight excluding hydrogens is 198 g/mol. The fraction of sp³-hybridized carbons (Fsp3) is 0.500. The second-order valence-corrected chi connectivity index (χ2v) is 3.87. The number of hydrogen-bond donors (Lipinski definition) is 2. The van der Waals surface area contributed by atoms with Crippen LogP contribution in [0, 0.1) is 0 Å². The Bertz CT molecular complexity index is 259. The molecule has 1 aromatic heterocycles. The van der Waals surface area contributed by atoms with E-state index in [0.29, 0.717) is 19.4 Å². The number of rotatable bonds is 6. The van der Waals surface area contributed by atoms with E-state index in [1.165, 1.54) is 0 Å². The quantitative estimate of drug-likeness (QED) is 0.704. The highest BCUT2D eigenvalue weighted by Crippen LogP contribution is 2.05. The minimum Gasteiger partial charge on any atom is -0.396 e. The molecule has 0 bridgehead atoms. The van der Waals surface area contributed by atoms with Gasteiger partial charge in [0.2, 0.25) is 5.91 Å². The molecule has 1 rings (SSSR count). The molecule has 3 nitrogen and oxygen atoms in total. The molecule has 2 N–H and O–H groups in total. The molecule has 0 saturated heterocycles. The zero-order valence-corrected chi connectivity index (χ0v) is 8.85. The maximum absolute atomic E-state index is 11.2. The Morgan fingerprint density at radius 2 is 2.36 bits per heavy atom. The van der Waals surface area contributed by atoms with E-state index in [9.17, 15) is 4.79 Å². The number of nitrogens with one attached hydrogen (secondary N) is 1. The third kappa shape index (κ3) is 4.39. The first-order valence-electron chi connectivity index (χ1n) is 4.71. The van der Waals surface area contributed by atoms with Crippen molar-refractivity contribution >= 4 is 17.2 Å². The van der Waals surface area contributed by atoms with Crippen LogP contribution in [0.5, 0.6) is 0 Å². The van der Waals surface area contributed by atoms with Crippen LogP contribution in [0.4, 0.5) is 0 Å². The molecule has 1 amide bonds. The molecule has 78 valence electrons. The van der Waals surface area contributed by atoms with Crippen LogP contribution >= 0.6 is 11.3 Å². The molecule has 0 fully saturated rings. The standard InChI is InChI=1S/C10H15NO2S/c12-5-2-1-3-10(13)11-7-9-4-6-14-8-9/h4,6,8,12H,1-3,5,7H2,(H,11,13). The summed E-state index contributed by atoms with van der Waals surface area (Å²) < 4.78 is 0. The van der Waals surface area contributed by atoms with Crippen molar-refractivity contribution in [3.63, 3.8) is 0 Å². The average Bonchev–Trinajstić information content (AvgIpc) is 2.68. The van der Waals surface area contributed by atoms with Crippen molar-refractivity contribution in [2.24, 2.45) is 0 Å². The van der Waals surface area contributed by atoms with E-state index in [4.69, 9.17) is 5.11 Å². The summed E-state index contributed by atoms with van der Waals surface area (Å²) in [4.78, 5) is 11.2. The fourth-order valence-electron chi connectivity index (χ4n) is 1.08. The van der Waals surface area contributed by atoms with Gasteiger partial charge >= 0.3 is 0 Å². The molecule has 0 aliphatic carbocycles. The zero-order valence-electron chi connectivity index (χ0n) is 8.03. The summed E-state index contributed by atoms with van der Waals surface area (Å²) in [7, 11) is 0. The van der Waals surface area contributed by atoms with Gasteiger partial charge in [0.1, 0.15) is 0 Å². The lowest BCUT2D eigenvalue weighted by Gasteiger charge is -2.02. The predicted octanol–water partition coefficient (Wildman–Crippen LogP) is 1.53. The van der Waals surface area contributed by atoms with E-state index < -0.39 is 0 Å². The molecule has 0 spiro atoms. The van der Waals surface area contributed by atoms with Gasteiger partial charge in [-0.1, -0.05) is 0 Å². The van der Waals surface area contributed by atoms with E-state index in [2.05, 4.69) is 5.32 Å². The summed E-state index contributed by atoms with van der Waals surface area (Å²) >= 11 is 1.63. The van der Waals surface area contributed by atoms with Gasteiger partial charge in [-0.3, -0.25) is 4.79 Å². The largest absolute Gasteiger partial charge is 0.396 e. The first-order chi connectivity index (χ1) is 6.83. The molecule has 0 unspecified atom stereocenters. The molecular formula is C10H15NO2S. The van der Waals surface area contributed by atoms with Crippen LogP contribution in [-0.4, -0.2) is 17.6 Å². The number of aliphatic hydroxyl groups excluding tert-OH is 1. The van der Waals surface area contributed by atoms with Gasteiger partial charge in [0.15, 0.2) is 0 Å². The second kappa shape index (κ2) is 6.56. The van der Waals surface area contributed by atoms with Gasteiger partial charge in [0.25, 0.3) is 0 Å². The molecule has 0 saturated carbocycles. The Morgan fingerprint density at radius 1 is 1.50 bits per heavy atom. The lowest BCUT2D eigenvalue weighted by atomic mass is 10.2. The number of carbonyl (C=O) groups is 1. The minimum atomic E-state index is 0.0599. The summed E-state index contributed by atoms with van der Waals surface area (Å²) in [5.74, 6) is 0.0599. The molecule has 0 atom stereocenters. The van der Waals surface area contributed by atoms with E-state index in [-0.39, 0.29) is 12.5 Å². The SMILES string of the molecule is O=C(CCCCO)NCc1ccsc1. The molecule has 0 aliphatic rings. The maximum atomic E-state index is 11.2. The lowest BCUT2D eigenvalue weighted by molar-refractivity contribution is -0.121. The molecule has 1 heterocycles. The number of thiophene rings is 1. The smallest absolute Gasteiger partial charge is 0.220 e. The predicted molar refractivity (Wildman–Crippen MR) is 57.1 cm³/mol. The van der Waals surface area contributed by atoms with Crippen LogP contribution in [0.2, 0.25) is 0 Å². The summed E-state index contributed by atoms with van der Waals surface area (Å²) in [5.41, 5.74) is 1.14. The van der Waals surface area contributed by atoms with E-state index >= 15 is 0 Å². The zero-order chi connectivity index (χ0) is 10.2. The highest BCUT2D eigenvalue weighted by atomic mass is 32.1. The highest BCUT2D eigenvalue weighted by Gasteiger charge is 2.00. The third-order valence-corrected chi connectivity index (χ3v) is 2.61. The lowest BCUT2D eigenvalue weighted by Crippen LogP contribution is -2.22. The topological polar surface area (TPSA) is 49.3 Å². The van der Waals surface area contributed by atoms with Crippen molar-refractivity contribution in [3.05, 3.63) is 22.4 Å². The number of aliphatic hydroxyl groups is 1. The summed E-state index contributed by atoms with van der Waals surface area (Å²) in [6.45, 7) is 0.777. The summed E-state index contributed by atoms with van der Waals surface area (Å²) in [6.07, 6.45) is 1.96. The van der Waals surface area contributed by atoms with Crippen molar-refractivity contribution in [2.45, 2.75) is 25.8 Å². The average molecular weight is 213 g/mol. The molecule has 0 radical (unpaired) electrons. The maximum Gasteiger partial charge on any atom is 0.220 e. The minimum absolute atomic E-state index is 0.0599. The second-order valence-electron chi connectivity index (χ2n) is 3.09. The van der Waals surface area contributed by atoms with Crippen molar-refractivity contribution in [3.8, 4) is 0 Å². The molecule has 0 aliphatic heterocycles. The van der Waals surface area contributed by atoms with E-state index in [1.54, 1.807) is 11.3 Å². The number of hydrogen-bond acceptors (Lipinski definition) is 3. The molecule has 0 aromatic carbocycles. The Labute approximate surface area is 87.8 Å². The number of carbonyl (C=O) groups excluding carboxylic acids is 1. The van der Waals surface area contributed by atoms with Crippen LogP contribution in [0.25, 0.3) is 0 Å². The Hall–Kier alpha value is -0.870. The fourth-order valence-corrected chi connectivity index (χ4v) is 1.75. The highest BCUT2D eigenvalue weighted by molar-refractivity contribution is 7.07. The third-order valence-electron chi connectivity index (χ3n) is 1.88. The van der Waals surface area contributed by atoms with E-state index in [0.717, 1.165) is 12.0 Å². The van der Waals surface area contributed by atoms with Gasteiger partial charge in [-0.2, -0.15) is 11.3 Å². The van der Waals surface area contributed by atoms with Crippen LogP contribution < -0.4 is 5.32 Å². The molecule has 14 heavy (non-hydrogen) atoms. The van der Waals surface area contributed by atoms with Gasteiger partial charge in [-0.25, -0.2) is 0 Å². The first kappa shape index (κ1) is 11.2. The van der Waals surface area contributed by atoms with Crippen molar-refractivity contribution in [1.82, 2.24) is 5.32 Å². The first-order valence-corrected chi connectivity index (χ1v) is 5.66. The van der Waals surface area contributed by atoms with Crippen molar-refractivity contribution in [2.75, 3.05) is 6.61 Å². The van der Waals surface area contributed by atoms with E-state index in [1.807, 2.05) is 16.8 Å². The van der Waals surface area contributed by atoms with Gasteiger partial charge in [-0.15, -0.1) is 0 Å². The normalized spacial score (nSPS) is 10.1. The number of unbranched alkanes of at least 4 members (excludes halogenated alkanes) is 1. The Morgan fingerprint density at radius 3 is 3.00 bits per heavy atom. The molecule has 1 aromatic rings. The van der Waals surface area contributed by atoms with Gasteiger partial charge in [0.05, 0.1) is 0 Å². The monoisotopic (exact) mass is 213 g/mol. The Kier molecular flexibility index (Phi) is 5.25. The molecule has 4 heteroatoms. The van der Waals surface area contributed by atoms with Gasteiger partial charge in [-0.05, 0) is 35.2 Å². The van der Waals surface area contributed by atoms with Crippen LogP contribution in [-0.2, 0) is 11.3 Å². The van der Waals surface area contributed by atoms with Gasteiger partial charge in [0, 0.05) is 19.6 Å². The van der Waals surface area contributed by atoms with Crippen molar-refractivity contribution < 1.29 is 9.90 Å². The van der Waals surface area contributed by atoms with Crippen LogP contribution in [0.1, 0.15) is 24.8 Å².